The molecule has 9 heteroatoms. The van der Waals surface area contributed by atoms with Crippen LogP contribution >= 0.6 is 11.6 Å². The standard InChI is InChI=1S/C26H28ClN3O4S/c1-3-28-26(32)20(2)29(18-21-14-16-22(27)17-15-21)25(31)19-30(23-10-6-4-7-11-23)35(33,34)24-12-8-5-9-13-24/h4-17,20H,3,18-19H2,1-2H3,(H,28,32)/t20-/m0/s1. The van der Waals surface area contributed by atoms with Crippen molar-refractivity contribution in [3.05, 3.63) is 95.5 Å². The molecule has 0 aliphatic carbocycles. The summed E-state index contributed by atoms with van der Waals surface area (Å²) >= 11 is 5.99. The molecular weight excluding hydrogens is 486 g/mol. The van der Waals surface area contributed by atoms with Crippen LogP contribution < -0.4 is 9.62 Å². The molecule has 0 bridgehead atoms. The van der Waals surface area contributed by atoms with E-state index in [-0.39, 0.29) is 17.3 Å². The van der Waals surface area contributed by atoms with E-state index in [1.165, 1.54) is 17.0 Å². The number of nitrogens with zero attached hydrogens (tertiary/aromatic N) is 2. The second kappa shape index (κ2) is 11.9. The van der Waals surface area contributed by atoms with Crippen LogP contribution in [0.5, 0.6) is 0 Å². The summed E-state index contributed by atoms with van der Waals surface area (Å²) < 4.78 is 28.2. The van der Waals surface area contributed by atoms with Crippen molar-refractivity contribution in [2.24, 2.45) is 0 Å². The molecule has 0 saturated heterocycles. The van der Waals surface area contributed by atoms with Gasteiger partial charge in [0.15, 0.2) is 0 Å². The third-order valence-corrected chi connectivity index (χ3v) is 7.48. The summed E-state index contributed by atoms with van der Waals surface area (Å²) in [5.74, 6) is -0.839. The van der Waals surface area contributed by atoms with Crippen LogP contribution in [0.15, 0.2) is 89.8 Å². The summed E-state index contributed by atoms with van der Waals surface area (Å²) in [5.41, 5.74) is 1.11. The molecule has 0 unspecified atom stereocenters. The summed E-state index contributed by atoms with van der Waals surface area (Å²) in [6.45, 7) is 3.46. The number of para-hydroxylation sites is 1. The summed E-state index contributed by atoms with van der Waals surface area (Å²) in [6, 6.07) is 22.5. The van der Waals surface area contributed by atoms with Crippen LogP contribution in [0.25, 0.3) is 0 Å². The zero-order valence-electron chi connectivity index (χ0n) is 19.6. The Bertz CT molecular complexity index is 1240. The zero-order valence-corrected chi connectivity index (χ0v) is 21.2. The Morgan fingerprint density at radius 2 is 1.49 bits per heavy atom. The number of hydrogen-bond acceptors (Lipinski definition) is 4. The van der Waals surface area contributed by atoms with Crippen molar-refractivity contribution in [1.29, 1.82) is 0 Å². The van der Waals surface area contributed by atoms with Crippen LogP contribution in [0.4, 0.5) is 5.69 Å². The highest BCUT2D eigenvalue weighted by Crippen LogP contribution is 2.24. The lowest BCUT2D eigenvalue weighted by molar-refractivity contribution is -0.139. The summed E-state index contributed by atoms with van der Waals surface area (Å²) in [4.78, 5) is 27.7. The molecule has 0 aromatic heterocycles. The predicted octanol–water partition coefficient (Wildman–Crippen LogP) is 4.09. The van der Waals surface area contributed by atoms with Crippen LogP contribution in [0.2, 0.25) is 5.02 Å². The molecule has 7 nitrogen and oxygen atoms in total. The molecule has 3 rings (SSSR count). The lowest BCUT2D eigenvalue weighted by Gasteiger charge is -2.32. The molecule has 1 N–H and O–H groups in total. The van der Waals surface area contributed by atoms with Gasteiger partial charge in [0.25, 0.3) is 10.0 Å². The topological polar surface area (TPSA) is 86.8 Å². The third-order valence-electron chi connectivity index (χ3n) is 5.44. The largest absolute Gasteiger partial charge is 0.355 e. The first-order valence-electron chi connectivity index (χ1n) is 11.2. The SMILES string of the molecule is CCNC(=O)[C@H](C)N(Cc1ccc(Cl)cc1)C(=O)CN(c1ccccc1)S(=O)(=O)c1ccccc1. The van der Waals surface area contributed by atoms with Crippen molar-refractivity contribution in [2.75, 3.05) is 17.4 Å². The number of benzene rings is 3. The maximum absolute atomic E-state index is 13.6. The van der Waals surface area contributed by atoms with E-state index in [4.69, 9.17) is 11.6 Å². The van der Waals surface area contributed by atoms with Crippen LogP contribution in [0.3, 0.4) is 0 Å². The van der Waals surface area contributed by atoms with Crippen molar-refractivity contribution < 1.29 is 18.0 Å². The smallest absolute Gasteiger partial charge is 0.264 e. The van der Waals surface area contributed by atoms with E-state index in [1.807, 2.05) is 0 Å². The molecule has 184 valence electrons. The molecule has 35 heavy (non-hydrogen) atoms. The van der Waals surface area contributed by atoms with Gasteiger partial charge in [0.1, 0.15) is 12.6 Å². The Morgan fingerprint density at radius 1 is 0.914 bits per heavy atom. The first-order chi connectivity index (χ1) is 16.7. The van der Waals surface area contributed by atoms with Crippen molar-refractivity contribution in [2.45, 2.75) is 31.3 Å². The van der Waals surface area contributed by atoms with Gasteiger partial charge in [-0.2, -0.15) is 0 Å². The second-order valence-corrected chi connectivity index (χ2v) is 10.2. The van der Waals surface area contributed by atoms with E-state index in [0.29, 0.717) is 17.3 Å². The highest BCUT2D eigenvalue weighted by Gasteiger charge is 2.32. The summed E-state index contributed by atoms with van der Waals surface area (Å²) in [7, 11) is -4.05. The highest BCUT2D eigenvalue weighted by molar-refractivity contribution is 7.92. The number of rotatable bonds is 10. The normalized spacial score (nSPS) is 12.0. The molecule has 0 aliphatic heterocycles. The Balaban J connectivity index is 1.98. The number of carbonyl (C=O) groups is 2. The van der Waals surface area contributed by atoms with Crippen molar-refractivity contribution in [1.82, 2.24) is 10.2 Å². The summed E-state index contributed by atoms with van der Waals surface area (Å²) in [6.07, 6.45) is 0. The van der Waals surface area contributed by atoms with Crippen molar-refractivity contribution in [3.8, 4) is 0 Å². The molecule has 3 aromatic rings. The first-order valence-corrected chi connectivity index (χ1v) is 13.0. The van der Waals surface area contributed by atoms with E-state index < -0.39 is 28.5 Å². The van der Waals surface area contributed by atoms with Crippen molar-refractivity contribution in [3.63, 3.8) is 0 Å². The Morgan fingerprint density at radius 3 is 2.06 bits per heavy atom. The zero-order chi connectivity index (χ0) is 25.4. The molecule has 0 saturated carbocycles. The quantitative estimate of drug-likeness (QED) is 0.442. The second-order valence-electron chi connectivity index (χ2n) is 7.88. The molecule has 0 spiro atoms. The minimum atomic E-state index is -4.05. The summed E-state index contributed by atoms with van der Waals surface area (Å²) in [5, 5.41) is 3.28. The number of sulfonamides is 1. The molecular formula is C26H28ClN3O4S. The van der Waals surface area contributed by atoms with Gasteiger partial charge in [-0.25, -0.2) is 8.42 Å². The lowest BCUT2D eigenvalue weighted by Crippen LogP contribution is -2.51. The number of halogens is 1. The van der Waals surface area contributed by atoms with Gasteiger partial charge >= 0.3 is 0 Å². The minimum absolute atomic E-state index is 0.0673. The lowest BCUT2D eigenvalue weighted by atomic mass is 10.1. The fourth-order valence-electron chi connectivity index (χ4n) is 3.53. The average Bonchev–Trinajstić information content (AvgIpc) is 2.87. The average molecular weight is 514 g/mol. The van der Waals surface area contributed by atoms with E-state index in [9.17, 15) is 18.0 Å². The number of hydrogen-bond donors (Lipinski definition) is 1. The van der Waals surface area contributed by atoms with E-state index >= 15 is 0 Å². The first kappa shape index (κ1) is 26.2. The fourth-order valence-corrected chi connectivity index (χ4v) is 5.09. The molecule has 1 atom stereocenters. The molecule has 0 radical (unpaired) electrons. The van der Waals surface area contributed by atoms with Gasteiger partial charge in [0.2, 0.25) is 11.8 Å². The number of likely N-dealkylation sites (N-methyl/N-ethyl adjacent to an activating group) is 1. The number of amides is 2. The Hall–Kier alpha value is -3.36. The molecule has 0 aliphatic rings. The molecule has 0 fully saturated rings. The van der Waals surface area contributed by atoms with Crippen LogP contribution in [-0.4, -0.2) is 44.3 Å². The molecule has 2 amide bonds. The van der Waals surface area contributed by atoms with Crippen LogP contribution in [-0.2, 0) is 26.2 Å². The van der Waals surface area contributed by atoms with Crippen LogP contribution in [0, 0.1) is 0 Å². The van der Waals surface area contributed by atoms with Gasteiger partial charge in [-0.3, -0.25) is 13.9 Å². The van der Waals surface area contributed by atoms with Gasteiger partial charge in [-0.1, -0.05) is 60.1 Å². The van der Waals surface area contributed by atoms with Gasteiger partial charge in [0.05, 0.1) is 10.6 Å². The third kappa shape index (κ3) is 6.61. The number of carbonyl (C=O) groups excluding carboxylic acids is 2. The number of anilines is 1. The van der Waals surface area contributed by atoms with E-state index in [1.54, 1.807) is 86.6 Å². The molecule has 3 aromatic carbocycles. The minimum Gasteiger partial charge on any atom is -0.355 e. The van der Waals surface area contributed by atoms with Crippen LogP contribution in [0.1, 0.15) is 19.4 Å². The monoisotopic (exact) mass is 513 g/mol. The maximum atomic E-state index is 13.6. The van der Waals surface area contributed by atoms with E-state index in [2.05, 4.69) is 5.32 Å². The van der Waals surface area contributed by atoms with Gasteiger partial charge in [0, 0.05) is 18.1 Å². The highest BCUT2D eigenvalue weighted by atomic mass is 35.5. The molecule has 0 heterocycles. The Kier molecular flexibility index (Phi) is 8.89. The predicted molar refractivity (Wildman–Crippen MR) is 138 cm³/mol. The number of nitrogens with one attached hydrogen (secondary N) is 1. The van der Waals surface area contributed by atoms with Gasteiger partial charge in [-0.15, -0.1) is 0 Å². The Labute approximate surface area is 211 Å². The van der Waals surface area contributed by atoms with E-state index in [0.717, 1.165) is 9.87 Å². The van der Waals surface area contributed by atoms with Crippen molar-refractivity contribution >= 4 is 39.1 Å². The van der Waals surface area contributed by atoms with Gasteiger partial charge in [-0.05, 0) is 55.8 Å². The van der Waals surface area contributed by atoms with Gasteiger partial charge < -0.3 is 10.2 Å². The fraction of sp³-hybridized carbons (Fsp3) is 0.231. The maximum Gasteiger partial charge on any atom is 0.264 e.